The number of sulfone groups is 1. The van der Waals surface area contributed by atoms with Gasteiger partial charge in [-0.3, -0.25) is 9.69 Å². The molecule has 1 aromatic rings. The van der Waals surface area contributed by atoms with Crippen molar-refractivity contribution in [3.8, 4) is 5.75 Å². The molecule has 2 atom stereocenters. The van der Waals surface area contributed by atoms with Gasteiger partial charge in [0.1, 0.15) is 5.75 Å². The van der Waals surface area contributed by atoms with Crippen molar-refractivity contribution < 1.29 is 18.3 Å². The molecular formula is C14H17ClN2O4S. The molecule has 0 aromatic heterocycles. The van der Waals surface area contributed by atoms with Gasteiger partial charge in [0.2, 0.25) is 0 Å². The van der Waals surface area contributed by atoms with Gasteiger partial charge in [0.25, 0.3) is 5.91 Å². The number of likely N-dealkylation sites (N-methyl/N-ethyl adjacent to an activating group) is 1. The van der Waals surface area contributed by atoms with Crippen LogP contribution in [0.5, 0.6) is 5.75 Å². The molecule has 2 saturated heterocycles. The van der Waals surface area contributed by atoms with Crippen molar-refractivity contribution >= 4 is 27.3 Å². The van der Waals surface area contributed by atoms with Crippen LogP contribution in [0, 0.1) is 0 Å². The third-order valence-electron chi connectivity index (χ3n) is 4.41. The second-order valence-corrected chi connectivity index (χ2v) is 8.42. The summed E-state index contributed by atoms with van der Waals surface area (Å²) in [5, 5.41) is 9.55. The summed E-state index contributed by atoms with van der Waals surface area (Å²) in [6, 6.07) is 3.80. The van der Waals surface area contributed by atoms with Crippen LogP contribution in [-0.2, 0) is 9.84 Å². The Bertz CT molecular complexity index is 722. The molecule has 0 radical (unpaired) electrons. The van der Waals surface area contributed by atoms with Gasteiger partial charge in [0.05, 0.1) is 22.6 Å². The summed E-state index contributed by atoms with van der Waals surface area (Å²) in [7, 11) is -1.24. The molecule has 0 bridgehead atoms. The predicted octanol–water partition coefficient (Wildman–Crippen LogP) is 0.599. The standard InChI is InChI=1S/C14H17ClN2O4S/c1-16-4-5-17(12-8-22(20,21)7-11(12)16)14(19)9-2-3-13(18)10(15)6-9/h2-3,6,11-12,18H,4-5,7-8H2,1H3/t11-,12+/m1/s1. The molecule has 0 spiro atoms. The highest BCUT2D eigenvalue weighted by Crippen LogP contribution is 2.29. The van der Waals surface area contributed by atoms with E-state index in [1.807, 2.05) is 11.9 Å². The SMILES string of the molecule is CN1CCN(C(=O)c2ccc(O)c(Cl)c2)[C@H]2CS(=O)(=O)C[C@H]21. The molecule has 6 nitrogen and oxygen atoms in total. The zero-order chi connectivity index (χ0) is 16.1. The third kappa shape index (κ3) is 2.68. The van der Waals surface area contributed by atoms with E-state index in [2.05, 4.69) is 0 Å². The molecule has 2 fully saturated rings. The second-order valence-electron chi connectivity index (χ2n) is 5.86. The van der Waals surface area contributed by atoms with Crippen molar-refractivity contribution in [3.63, 3.8) is 0 Å². The van der Waals surface area contributed by atoms with Gasteiger partial charge in [0.15, 0.2) is 9.84 Å². The number of hydrogen-bond donors (Lipinski definition) is 1. The number of aromatic hydroxyl groups is 1. The van der Waals surface area contributed by atoms with E-state index < -0.39 is 9.84 Å². The summed E-state index contributed by atoms with van der Waals surface area (Å²) >= 11 is 5.85. The minimum absolute atomic E-state index is 0.000434. The number of phenolic OH excluding ortho intramolecular Hbond substituents is 1. The van der Waals surface area contributed by atoms with E-state index >= 15 is 0 Å². The fourth-order valence-corrected chi connectivity index (χ4v) is 5.42. The first-order valence-electron chi connectivity index (χ1n) is 6.98. The monoisotopic (exact) mass is 344 g/mol. The minimum Gasteiger partial charge on any atom is -0.506 e. The number of carbonyl (C=O) groups is 1. The van der Waals surface area contributed by atoms with E-state index in [0.29, 0.717) is 18.7 Å². The zero-order valence-corrected chi connectivity index (χ0v) is 13.6. The first-order valence-corrected chi connectivity index (χ1v) is 9.18. The fraction of sp³-hybridized carbons (Fsp3) is 0.500. The Balaban J connectivity index is 1.90. The Labute approximate surface area is 134 Å². The molecule has 2 aliphatic rings. The van der Waals surface area contributed by atoms with Crippen LogP contribution in [0.15, 0.2) is 18.2 Å². The number of nitrogens with zero attached hydrogens (tertiary/aromatic N) is 2. The average Bonchev–Trinajstić information content (AvgIpc) is 2.78. The summed E-state index contributed by atoms with van der Waals surface area (Å²) in [4.78, 5) is 16.3. The topological polar surface area (TPSA) is 77.9 Å². The van der Waals surface area contributed by atoms with Gasteiger partial charge in [-0.1, -0.05) is 11.6 Å². The summed E-state index contributed by atoms with van der Waals surface area (Å²) < 4.78 is 23.9. The molecule has 0 saturated carbocycles. The van der Waals surface area contributed by atoms with E-state index in [1.54, 1.807) is 4.90 Å². The predicted molar refractivity (Wildman–Crippen MR) is 83.0 cm³/mol. The molecule has 1 amide bonds. The van der Waals surface area contributed by atoms with Crippen molar-refractivity contribution in [2.45, 2.75) is 12.1 Å². The number of hydrogen-bond acceptors (Lipinski definition) is 5. The number of halogens is 1. The van der Waals surface area contributed by atoms with Crippen LogP contribution in [0.3, 0.4) is 0 Å². The smallest absolute Gasteiger partial charge is 0.254 e. The number of rotatable bonds is 1. The summed E-state index contributed by atoms with van der Waals surface area (Å²) in [6.07, 6.45) is 0. The second kappa shape index (κ2) is 5.40. The number of piperazine rings is 1. The molecule has 1 N–H and O–H groups in total. The number of benzene rings is 1. The lowest BCUT2D eigenvalue weighted by atomic mass is 10.0. The molecule has 2 aliphatic heterocycles. The van der Waals surface area contributed by atoms with Crippen molar-refractivity contribution in [1.82, 2.24) is 9.80 Å². The van der Waals surface area contributed by atoms with E-state index in [0.717, 1.165) is 0 Å². The fourth-order valence-electron chi connectivity index (χ4n) is 3.18. The van der Waals surface area contributed by atoms with Crippen molar-refractivity contribution in [3.05, 3.63) is 28.8 Å². The van der Waals surface area contributed by atoms with Gasteiger partial charge in [-0.25, -0.2) is 8.42 Å². The number of amides is 1. The Kier molecular flexibility index (Phi) is 3.82. The van der Waals surface area contributed by atoms with E-state index in [1.165, 1.54) is 18.2 Å². The first kappa shape index (κ1) is 15.6. The van der Waals surface area contributed by atoms with Gasteiger partial charge in [-0.2, -0.15) is 0 Å². The lowest BCUT2D eigenvalue weighted by molar-refractivity contribution is 0.0410. The van der Waals surface area contributed by atoms with Gasteiger partial charge in [-0.05, 0) is 25.2 Å². The van der Waals surface area contributed by atoms with Crippen molar-refractivity contribution in [2.75, 3.05) is 31.6 Å². The van der Waals surface area contributed by atoms with Crippen LogP contribution in [-0.4, -0.2) is 73.0 Å². The maximum Gasteiger partial charge on any atom is 0.254 e. The Morgan fingerprint density at radius 2 is 1.95 bits per heavy atom. The van der Waals surface area contributed by atoms with Crippen LogP contribution < -0.4 is 0 Å². The summed E-state index contributed by atoms with van der Waals surface area (Å²) in [5.41, 5.74) is 0.357. The quantitative estimate of drug-likeness (QED) is 0.807. The van der Waals surface area contributed by atoms with Gasteiger partial charge in [-0.15, -0.1) is 0 Å². The minimum atomic E-state index is -3.13. The van der Waals surface area contributed by atoms with E-state index in [9.17, 15) is 18.3 Å². The number of phenols is 1. The van der Waals surface area contributed by atoms with Crippen LogP contribution in [0.2, 0.25) is 5.02 Å². The highest BCUT2D eigenvalue weighted by molar-refractivity contribution is 7.91. The molecule has 120 valence electrons. The Morgan fingerprint density at radius 3 is 2.64 bits per heavy atom. The van der Waals surface area contributed by atoms with Gasteiger partial charge >= 0.3 is 0 Å². The lowest BCUT2D eigenvalue weighted by Gasteiger charge is -2.42. The molecule has 8 heteroatoms. The Morgan fingerprint density at radius 1 is 1.27 bits per heavy atom. The molecule has 3 rings (SSSR count). The third-order valence-corrected chi connectivity index (χ3v) is 6.41. The van der Waals surface area contributed by atoms with Crippen LogP contribution in [0.25, 0.3) is 0 Å². The van der Waals surface area contributed by atoms with E-state index in [-0.39, 0.29) is 40.3 Å². The molecule has 0 aliphatic carbocycles. The average molecular weight is 345 g/mol. The molecule has 0 unspecified atom stereocenters. The highest BCUT2D eigenvalue weighted by Gasteiger charge is 2.47. The van der Waals surface area contributed by atoms with Gasteiger partial charge < -0.3 is 10.0 Å². The van der Waals surface area contributed by atoms with Crippen LogP contribution in [0.4, 0.5) is 0 Å². The van der Waals surface area contributed by atoms with Crippen molar-refractivity contribution in [1.29, 1.82) is 0 Å². The van der Waals surface area contributed by atoms with Gasteiger partial charge in [0, 0.05) is 24.7 Å². The lowest BCUT2D eigenvalue weighted by Crippen LogP contribution is -2.59. The Hall–Kier alpha value is -1.31. The summed E-state index contributed by atoms with van der Waals surface area (Å²) in [6.45, 7) is 1.11. The normalized spacial score (nSPS) is 27.6. The summed E-state index contributed by atoms with van der Waals surface area (Å²) in [5.74, 6) is -0.242. The number of fused-ring (bicyclic) bond motifs is 1. The van der Waals surface area contributed by atoms with Crippen LogP contribution in [0.1, 0.15) is 10.4 Å². The zero-order valence-electron chi connectivity index (χ0n) is 12.1. The number of carbonyl (C=O) groups excluding carboxylic acids is 1. The maximum absolute atomic E-state index is 12.7. The largest absolute Gasteiger partial charge is 0.506 e. The van der Waals surface area contributed by atoms with Crippen molar-refractivity contribution in [2.24, 2.45) is 0 Å². The highest BCUT2D eigenvalue weighted by atomic mass is 35.5. The molecule has 22 heavy (non-hydrogen) atoms. The maximum atomic E-state index is 12.7. The molecule has 2 heterocycles. The molecule has 1 aromatic carbocycles. The first-order chi connectivity index (χ1) is 10.3. The van der Waals surface area contributed by atoms with E-state index in [4.69, 9.17) is 11.6 Å². The van der Waals surface area contributed by atoms with Crippen LogP contribution >= 0.6 is 11.6 Å². The molecular weight excluding hydrogens is 328 g/mol.